The van der Waals surface area contributed by atoms with Gasteiger partial charge in [-0.3, -0.25) is 4.81 Å². The highest BCUT2D eigenvalue weighted by Crippen LogP contribution is 2.35. The molecule has 34 heavy (non-hydrogen) atoms. The van der Waals surface area contributed by atoms with E-state index in [0.29, 0.717) is 0 Å². The number of benzene rings is 2. The summed E-state index contributed by atoms with van der Waals surface area (Å²) < 4.78 is 21.1. The van der Waals surface area contributed by atoms with E-state index in [-0.39, 0.29) is 18.2 Å². The van der Waals surface area contributed by atoms with E-state index in [1.807, 2.05) is 6.07 Å². The largest absolute Gasteiger partial charge is 0.406 e. The van der Waals surface area contributed by atoms with Crippen molar-refractivity contribution in [2.75, 3.05) is 4.81 Å². The molecule has 0 atom stereocenters. The highest BCUT2D eigenvalue weighted by molar-refractivity contribution is 6.81. The molecule has 0 unspecified atom stereocenters. The number of aromatic nitrogens is 1. The zero-order valence-corrected chi connectivity index (χ0v) is 21.8. The van der Waals surface area contributed by atoms with Crippen molar-refractivity contribution < 1.29 is 7.31 Å². The Kier molecular flexibility index (Phi) is 5.45. The second-order valence-corrected chi connectivity index (χ2v) is 11.3. The van der Waals surface area contributed by atoms with Gasteiger partial charge in [0, 0.05) is 19.4 Å². The molecule has 0 bridgehead atoms. The lowest BCUT2D eigenvalue weighted by atomic mass is 9.47. The Morgan fingerprint density at radius 3 is 2.35 bits per heavy atom. The molecule has 0 saturated heterocycles. The SMILES string of the molecule is [2H]C([2H])(c1cc(N2B(C)C(C(C)(C)C)=c3ccccc3=C2C)[n+](C)c2ccccc12)C1CCCCC1. The van der Waals surface area contributed by atoms with E-state index in [9.17, 15) is 2.74 Å². The van der Waals surface area contributed by atoms with E-state index < -0.39 is 6.37 Å². The summed E-state index contributed by atoms with van der Waals surface area (Å²) >= 11 is 0. The summed E-state index contributed by atoms with van der Waals surface area (Å²) in [6.45, 7) is 11.6. The van der Waals surface area contributed by atoms with E-state index in [1.165, 1.54) is 28.0 Å². The molecule has 0 spiro atoms. The second-order valence-electron chi connectivity index (χ2n) is 11.3. The molecular formula is C31H40BN2+. The Bertz CT molecular complexity index is 1430. The molecule has 1 saturated carbocycles. The first-order chi connectivity index (χ1) is 17.0. The van der Waals surface area contributed by atoms with Crippen molar-refractivity contribution in [2.24, 2.45) is 18.4 Å². The number of para-hydroxylation sites is 1. The predicted molar refractivity (Wildman–Crippen MR) is 147 cm³/mol. The van der Waals surface area contributed by atoms with Gasteiger partial charge in [0.25, 0.3) is 5.82 Å². The maximum atomic E-state index is 9.41. The van der Waals surface area contributed by atoms with Crippen molar-refractivity contribution in [2.45, 2.75) is 73.0 Å². The minimum Gasteiger partial charge on any atom is -0.290 e. The van der Waals surface area contributed by atoms with Crippen LogP contribution in [0.4, 0.5) is 5.82 Å². The standard InChI is InChI=1S/C31H40BN2/c1-22-25-16-10-11-18-27(25)30(31(2,3)4)32(5)34(22)29-21-24(20-23-14-8-7-9-15-23)26-17-12-13-19-28(26)33(29)6/h10-13,16-19,21,23H,7-9,14-15,20H2,1-6H3/q+1/i20D2. The second kappa shape index (κ2) is 8.91. The summed E-state index contributed by atoms with van der Waals surface area (Å²) in [5.74, 6) is 1.13. The number of hydrogen-bond acceptors (Lipinski definition) is 1. The van der Waals surface area contributed by atoms with Gasteiger partial charge in [0.05, 0.1) is 12.7 Å². The van der Waals surface area contributed by atoms with E-state index >= 15 is 0 Å². The van der Waals surface area contributed by atoms with Crippen LogP contribution in [-0.4, -0.2) is 6.85 Å². The van der Waals surface area contributed by atoms with Gasteiger partial charge < -0.3 is 0 Å². The molecule has 1 aliphatic heterocycles. The fourth-order valence-electron chi connectivity index (χ4n) is 6.45. The molecule has 2 nitrogen and oxygen atoms in total. The van der Waals surface area contributed by atoms with E-state index in [2.05, 4.69) is 99.5 Å². The minimum absolute atomic E-state index is 0.00339. The normalized spacial score (nSPS) is 18.8. The molecule has 2 aliphatic rings. The molecule has 0 amide bonds. The highest BCUT2D eigenvalue weighted by atomic mass is 15.2. The van der Waals surface area contributed by atoms with Crippen LogP contribution in [0, 0.1) is 11.3 Å². The zero-order chi connectivity index (χ0) is 25.8. The third-order valence-corrected chi connectivity index (χ3v) is 7.97. The Balaban J connectivity index is 1.79. The summed E-state index contributed by atoms with van der Waals surface area (Å²) in [5.41, 5.74) is 4.58. The molecule has 3 aromatic rings. The lowest BCUT2D eigenvalue weighted by molar-refractivity contribution is -0.631. The van der Waals surface area contributed by atoms with Crippen LogP contribution in [-0.2, 0) is 13.4 Å². The highest BCUT2D eigenvalue weighted by Gasteiger charge is 2.42. The van der Waals surface area contributed by atoms with Crippen molar-refractivity contribution in [1.29, 1.82) is 0 Å². The molecule has 1 fully saturated rings. The molecule has 176 valence electrons. The van der Waals surface area contributed by atoms with Crippen LogP contribution in [0.5, 0.6) is 0 Å². The summed E-state index contributed by atoms with van der Waals surface area (Å²) in [7, 11) is 2.13. The van der Waals surface area contributed by atoms with Crippen LogP contribution >= 0.6 is 0 Å². The number of rotatable bonds is 3. The third-order valence-electron chi connectivity index (χ3n) is 7.97. The first-order valence-electron chi connectivity index (χ1n) is 14.1. The topological polar surface area (TPSA) is 7.12 Å². The van der Waals surface area contributed by atoms with Crippen molar-refractivity contribution in [1.82, 2.24) is 0 Å². The van der Waals surface area contributed by atoms with Crippen LogP contribution in [0.25, 0.3) is 22.1 Å². The number of hydrogen-bond donors (Lipinski definition) is 0. The van der Waals surface area contributed by atoms with E-state index in [1.54, 1.807) is 0 Å². The van der Waals surface area contributed by atoms with Crippen molar-refractivity contribution in [3.63, 3.8) is 0 Å². The Hall–Kier alpha value is -2.55. The van der Waals surface area contributed by atoms with Gasteiger partial charge in [-0.1, -0.05) is 95.3 Å². The van der Waals surface area contributed by atoms with Crippen LogP contribution < -0.4 is 19.8 Å². The lowest BCUT2D eigenvalue weighted by Crippen LogP contribution is -2.55. The van der Waals surface area contributed by atoms with Gasteiger partial charge in [-0.05, 0) is 53.8 Å². The quantitative estimate of drug-likeness (QED) is 0.360. The molecular weight excluding hydrogens is 411 g/mol. The summed E-state index contributed by atoms with van der Waals surface area (Å²) in [6, 6.07) is 19.3. The maximum Gasteiger partial charge on any atom is 0.406 e. The van der Waals surface area contributed by atoms with Crippen LogP contribution in [0.2, 0.25) is 6.82 Å². The summed E-state index contributed by atoms with van der Waals surface area (Å²) in [5, 5.41) is 3.64. The van der Waals surface area contributed by atoms with Crippen LogP contribution in [0.1, 0.15) is 68.1 Å². The average Bonchev–Trinajstić information content (AvgIpc) is 2.85. The lowest BCUT2D eigenvalue weighted by Gasteiger charge is -2.34. The summed E-state index contributed by atoms with van der Waals surface area (Å²) in [6.07, 6.45) is 4.06. The first kappa shape index (κ1) is 20.8. The summed E-state index contributed by atoms with van der Waals surface area (Å²) in [4.78, 5) is 2.45. The van der Waals surface area contributed by atoms with Crippen LogP contribution in [0.3, 0.4) is 0 Å². The molecule has 1 aromatic heterocycles. The maximum absolute atomic E-state index is 9.41. The fourth-order valence-corrected chi connectivity index (χ4v) is 6.45. The number of pyridine rings is 1. The monoisotopic (exact) mass is 453 g/mol. The van der Waals surface area contributed by atoms with Gasteiger partial charge in [-0.25, -0.2) is 4.57 Å². The van der Waals surface area contributed by atoms with E-state index in [4.69, 9.17) is 0 Å². The Morgan fingerprint density at radius 2 is 1.65 bits per heavy atom. The smallest absolute Gasteiger partial charge is 0.290 e. The Morgan fingerprint density at radius 1 is 1.00 bits per heavy atom. The average molecular weight is 453 g/mol. The molecule has 0 N–H and O–H groups in total. The van der Waals surface area contributed by atoms with Crippen molar-refractivity contribution in [3.05, 3.63) is 70.6 Å². The zero-order valence-electron chi connectivity index (χ0n) is 23.8. The molecule has 2 heterocycles. The fraction of sp³-hybridized carbons (Fsp3) is 0.452. The molecule has 1 aliphatic carbocycles. The van der Waals surface area contributed by atoms with Crippen molar-refractivity contribution in [3.8, 4) is 0 Å². The van der Waals surface area contributed by atoms with Gasteiger partial charge in [0.1, 0.15) is 5.52 Å². The van der Waals surface area contributed by atoms with Gasteiger partial charge >= 0.3 is 6.85 Å². The molecule has 3 heteroatoms. The number of anilines is 1. The number of fused-ring (bicyclic) bond motifs is 2. The third kappa shape index (κ3) is 3.98. The number of aryl methyl sites for hydroxylation is 1. The van der Waals surface area contributed by atoms with Crippen LogP contribution in [0.15, 0.2) is 54.6 Å². The van der Waals surface area contributed by atoms with Crippen molar-refractivity contribution >= 4 is 34.7 Å². The van der Waals surface area contributed by atoms with E-state index in [0.717, 1.165) is 48.0 Å². The number of nitrogens with zero attached hydrogens (tertiary/aromatic N) is 2. The first-order valence-corrected chi connectivity index (χ1v) is 13.1. The molecule has 0 radical (unpaired) electrons. The van der Waals surface area contributed by atoms with Gasteiger partial charge in [0.2, 0.25) is 0 Å². The predicted octanol–water partition coefficient (Wildman–Crippen LogP) is 5.79. The molecule has 5 rings (SSSR count). The van der Waals surface area contributed by atoms with Gasteiger partial charge in [0.15, 0.2) is 0 Å². The Labute approximate surface area is 208 Å². The van der Waals surface area contributed by atoms with Gasteiger partial charge in [-0.2, -0.15) is 0 Å². The minimum atomic E-state index is -1.37. The molecule has 2 aromatic carbocycles. The van der Waals surface area contributed by atoms with Gasteiger partial charge in [-0.15, -0.1) is 0 Å².